The SMILES string of the molecule is CNc1ccc(C(=O)OCC(=O)N[C@H](C)c2ccc(F)cc2F)cc1[N+](=O)[O-]. The van der Waals surface area contributed by atoms with E-state index in [0.717, 1.165) is 12.1 Å². The summed E-state index contributed by atoms with van der Waals surface area (Å²) >= 11 is 0. The van der Waals surface area contributed by atoms with Crippen molar-refractivity contribution in [1.29, 1.82) is 0 Å². The van der Waals surface area contributed by atoms with E-state index >= 15 is 0 Å². The van der Waals surface area contributed by atoms with Crippen molar-refractivity contribution in [3.63, 3.8) is 0 Å². The van der Waals surface area contributed by atoms with Gasteiger partial charge in [0.25, 0.3) is 11.6 Å². The van der Waals surface area contributed by atoms with Crippen molar-refractivity contribution in [3.8, 4) is 0 Å². The molecule has 0 aromatic heterocycles. The van der Waals surface area contributed by atoms with E-state index in [2.05, 4.69) is 10.6 Å². The monoisotopic (exact) mass is 393 g/mol. The first-order chi connectivity index (χ1) is 13.2. The highest BCUT2D eigenvalue weighted by molar-refractivity contribution is 5.93. The van der Waals surface area contributed by atoms with Gasteiger partial charge in [0.05, 0.1) is 16.5 Å². The summed E-state index contributed by atoms with van der Waals surface area (Å²) in [7, 11) is 1.50. The first-order valence-electron chi connectivity index (χ1n) is 8.10. The number of carbonyl (C=O) groups is 2. The van der Waals surface area contributed by atoms with Gasteiger partial charge in [-0.15, -0.1) is 0 Å². The summed E-state index contributed by atoms with van der Waals surface area (Å²) in [6.07, 6.45) is 0. The van der Waals surface area contributed by atoms with Crippen LogP contribution in [0.2, 0.25) is 0 Å². The lowest BCUT2D eigenvalue weighted by molar-refractivity contribution is -0.384. The summed E-state index contributed by atoms with van der Waals surface area (Å²) in [6.45, 7) is 0.809. The number of nitro benzene ring substituents is 1. The molecule has 1 amide bonds. The first-order valence-corrected chi connectivity index (χ1v) is 8.10. The highest BCUT2D eigenvalue weighted by Crippen LogP contribution is 2.25. The van der Waals surface area contributed by atoms with E-state index in [0.29, 0.717) is 6.07 Å². The average molecular weight is 393 g/mol. The van der Waals surface area contributed by atoms with Gasteiger partial charge in [0.1, 0.15) is 17.3 Å². The van der Waals surface area contributed by atoms with Crippen LogP contribution in [0, 0.1) is 21.7 Å². The van der Waals surface area contributed by atoms with Crippen LogP contribution in [0.25, 0.3) is 0 Å². The molecule has 0 fully saturated rings. The summed E-state index contributed by atoms with van der Waals surface area (Å²) < 4.78 is 31.5. The maximum absolute atomic E-state index is 13.7. The van der Waals surface area contributed by atoms with Gasteiger partial charge in [-0.2, -0.15) is 0 Å². The van der Waals surface area contributed by atoms with Crippen LogP contribution in [0.1, 0.15) is 28.9 Å². The van der Waals surface area contributed by atoms with E-state index in [9.17, 15) is 28.5 Å². The molecule has 2 rings (SSSR count). The topological polar surface area (TPSA) is 111 Å². The van der Waals surface area contributed by atoms with E-state index in [4.69, 9.17) is 4.74 Å². The van der Waals surface area contributed by atoms with Crippen LogP contribution in [0.15, 0.2) is 36.4 Å². The lowest BCUT2D eigenvalue weighted by Gasteiger charge is -2.15. The number of anilines is 1. The molecular formula is C18H17F2N3O5. The number of nitrogens with zero attached hydrogens (tertiary/aromatic N) is 1. The Kier molecular flexibility index (Phi) is 6.59. The fourth-order valence-corrected chi connectivity index (χ4v) is 2.45. The fourth-order valence-electron chi connectivity index (χ4n) is 2.45. The number of carbonyl (C=O) groups excluding carboxylic acids is 2. The third-order valence-electron chi connectivity index (χ3n) is 3.84. The van der Waals surface area contributed by atoms with Gasteiger partial charge in [-0.3, -0.25) is 14.9 Å². The van der Waals surface area contributed by atoms with Crippen molar-refractivity contribution in [2.24, 2.45) is 0 Å². The molecule has 2 aromatic carbocycles. The number of hydrogen-bond donors (Lipinski definition) is 2. The summed E-state index contributed by atoms with van der Waals surface area (Å²) in [5, 5.41) is 16.1. The standard InChI is InChI=1S/C18H17F2N3O5/c1-10(13-5-4-12(19)8-14(13)20)22-17(24)9-28-18(25)11-3-6-15(21-2)16(7-11)23(26)27/h3-8,10,21H,9H2,1-2H3,(H,22,24)/t10-/m1/s1. The largest absolute Gasteiger partial charge is 0.452 e. The van der Waals surface area contributed by atoms with Crippen molar-refractivity contribution in [1.82, 2.24) is 5.32 Å². The molecule has 2 aromatic rings. The van der Waals surface area contributed by atoms with E-state index in [1.807, 2.05) is 0 Å². The van der Waals surface area contributed by atoms with Gasteiger partial charge >= 0.3 is 5.97 Å². The zero-order valence-corrected chi connectivity index (χ0v) is 15.0. The summed E-state index contributed by atoms with van der Waals surface area (Å²) in [4.78, 5) is 34.3. The molecule has 10 heteroatoms. The molecule has 0 saturated heterocycles. The molecule has 0 aliphatic carbocycles. The first kappa shape index (κ1) is 20.7. The quantitative estimate of drug-likeness (QED) is 0.425. The predicted octanol–water partition coefficient (Wildman–Crippen LogP) is 2.95. The highest BCUT2D eigenvalue weighted by Gasteiger charge is 2.19. The zero-order valence-electron chi connectivity index (χ0n) is 15.0. The Hall–Kier alpha value is -3.56. The number of halogens is 2. The normalized spacial score (nSPS) is 11.4. The number of rotatable bonds is 7. The average Bonchev–Trinajstić information content (AvgIpc) is 2.65. The molecule has 0 saturated carbocycles. The Morgan fingerprint density at radius 2 is 1.93 bits per heavy atom. The van der Waals surface area contributed by atoms with Crippen molar-refractivity contribution in [3.05, 3.63) is 69.3 Å². The maximum atomic E-state index is 13.7. The Balaban J connectivity index is 1.98. The molecule has 0 unspecified atom stereocenters. The number of nitrogens with one attached hydrogen (secondary N) is 2. The molecule has 0 bridgehead atoms. The van der Waals surface area contributed by atoms with Crippen molar-refractivity contribution < 1.29 is 28.0 Å². The van der Waals surface area contributed by atoms with Crippen LogP contribution in [0.4, 0.5) is 20.2 Å². The molecule has 2 N–H and O–H groups in total. The molecule has 0 aliphatic heterocycles. The second-order valence-corrected chi connectivity index (χ2v) is 5.77. The maximum Gasteiger partial charge on any atom is 0.338 e. The second kappa shape index (κ2) is 8.89. The number of amides is 1. The molecule has 0 heterocycles. The molecule has 0 spiro atoms. The molecule has 1 atom stereocenters. The highest BCUT2D eigenvalue weighted by atomic mass is 19.1. The van der Waals surface area contributed by atoms with Crippen LogP contribution in [-0.2, 0) is 9.53 Å². The second-order valence-electron chi connectivity index (χ2n) is 5.77. The molecule has 0 radical (unpaired) electrons. The third kappa shape index (κ3) is 5.00. The lowest BCUT2D eigenvalue weighted by atomic mass is 10.1. The van der Waals surface area contributed by atoms with Gasteiger partial charge in [0.2, 0.25) is 0 Å². The summed E-state index contributed by atoms with van der Waals surface area (Å²) in [5.41, 5.74) is -0.133. The summed E-state index contributed by atoms with van der Waals surface area (Å²) in [6, 6.07) is 5.85. The molecular weight excluding hydrogens is 376 g/mol. The Morgan fingerprint density at radius 1 is 1.21 bits per heavy atom. The molecule has 0 aliphatic rings. The van der Waals surface area contributed by atoms with Gasteiger partial charge < -0.3 is 15.4 Å². The van der Waals surface area contributed by atoms with E-state index in [-0.39, 0.29) is 22.5 Å². The molecule has 148 valence electrons. The third-order valence-corrected chi connectivity index (χ3v) is 3.84. The van der Waals surface area contributed by atoms with Crippen LogP contribution in [0.5, 0.6) is 0 Å². The van der Waals surface area contributed by atoms with Gasteiger partial charge in [-0.1, -0.05) is 6.07 Å². The van der Waals surface area contributed by atoms with Crippen LogP contribution in [0.3, 0.4) is 0 Å². The minimum Gasteiger partial charge on any atom is -0.452 e. The minimum absolute atomic E-state index is 0.0688. The van der Waals surface area contributed by atoms with E-state index in [1.54, 1.807) is 0 Å². The zero-order chi connectivity index (χ0) is 20.8. The Labute approximate surface area is 158 Å². The van der Waals surface area contributed by atoms with Gasteiger partial charge in [-0.25, -0.2) is 13.6 Å². The van der Waals surface area contributed by atoms with E-state index in [1.165, 1.54) is 32.2 Å². The number of ether oxygens (including phenoxy) is 1. The minimum atomic E-state index is -0.929. The predicted molar refractivity (Wildman–Crippen MR) is 95.8 cm³/mol. The molecule has 8 nitrogen and oxygen atoms in total. The Morgan fingerprint density at radius 3 is 2.54 bits per heavy atom. The number of hydrogen-bond acceptors (Lipinski definition) is 6. The van der Waals surface area contributed by atoms with Gasteiger partial charge in [-0.05, 0) is 25.1 Å². The summed E-state index contributed by atoms with van der Waals surface area (Å²) in [5.74, 6) is -3.21. The van der Waals surface area contributed by atoms with Crippen LogP contribution in [-0.4, -0.2) is 30.5 Å². The van der Waals surface area contributed by atoms with Crippen molar-refractivity contribution in [2.45, 2.75) is 13.0 Å². The van der Waals surface area contributed by atoms with Gasteiger partial charge in [0.15, 0.2) is 6.61 Å². The number of nitro groups is 1. The molecule has 28 heavy (non-hydrogen) atoms. The van der Waals surface area contributed by atoms with Crippen molar-refractivity contribution in [2.75, 3.05) is 19.0 Å². The van der Waals surface area contributed by atoms with Crippen LogP contribution >= 0.6 is 0 Å². The van der Waals surface area contributed by atoms with Crippen LogP contribution < -0.4 is 10.6 Å². The Bertz CT molecular complexity index is 920. The van der Waals surface area contributed by atoms with Gasteiger partial charge in [0, 0.05) is 24.7 Å². The smallest absolute Gasteiger partial charge is 0.338 e. The van der Waals surface area contributed by atoms with Crippen molar-refractivity contribution >= 4 is 23.3 Å². The van der Waals surface area contributed by atoms with E-state index < -0.39 is 41.1 Å². The fraction of sp³-hybridized carbons (Fsp3) is 0.222. The number of esters is 1. The number of benzene rings is 2. The lowest BCUT2D eigenvalue weighted by Crippen LogP contribution is -2.31.